The fourth-order valence-electron chi connectivity index (χ4n) is 8.19. The molecule has 5 aliphatic carbocycles. The second-order valence-electron chi connectivity index (χ2n) is 12.1. The zero-order chi connectivity index (χ0) is 23.1. The fraction of sp³-hybridized carbons (Fsp3) is 0.769. The van der Waals surface area contributed by atoms with Gasteiger partial charge in [0.25, 0.3) is 0 Å². The summed E-state index contributed by atoms with van der Waals surface area (Å²) in [5.74, 6) is -0.853. The Morgan fingerprint density at radius 2 is 1.12 bits per heavy atom. The van der Waals surface area contributed by atoms with Crippen molar-refractivity contribution in [2.45, 2.75) is 91.1 Å². The van der Waals surface area contributed by atoms with Gasteiger partial charge in [-0.25, -0.2) is 0 Å². The highest BCUT2D eigenvalue weighted by Crippen LogP contribution is 2.66. The van der Waals surface area contributed by atoms with Crippen molar-refractivity contribution < 1.29 is 19.8 Å². The molecule has 0 aromatic rings. The van der Waals surface area contributed by atoms with Crippen LogP contribution in [0.1, 0.15) is 79.1 Å². The molecule has 4 bridgehead atoms. The van der Waals surface area contributed by atoms with Gasteiger partial charge in [-0.15, -0.1) is 0 Å². The second-order valence-corrected chi connectivity index (χ2v) is 12.1. The van der Waals surface area contributed by atoms with Crippen molar-refractivity contribution >= 4 is 11.9 Å². The second kappa shape index (κ2) is 6.77. The van der Waals surface area contributed by atoms with Crippen LogP contribution >= 0.6 is 0 Å². The first-order valence-electron chi connectivity index (χ1n) is 12.4. The summed E-state index contributed by atoms with van der Waals surface area (Å²) in [5.41, 5.74) is -0.474. The highest BCUT2D eigenvalue weighted by Gasteiger charge is 2.66. The topological polar surface area (TPSA) is 98.7 Å². The van der Waals surface area contributed by atoms with Gasteiger partial charge in [-0.3, -0.25) is 9.59 Å². The molecule has 6 heteroatoms. The number of carbonyl (C=O) groups is 2. The summed E-state index contributed by atoms with van der Waals surface area (Å²) in [6.45, 7) is 8.39. The summed E-state index contributed by atoms with van der Waals surface area (Å²) in [4.78, 5) is 25.0. The van der Waals surface area contributed by atoms with Crippen molar-refractivity contribution in [2.75, 3.05) is 0 Å². The van der Waals surface area contributed by atoms with Crippen molar-refractivity contribution in [1.82, 2.24) is 10.6 Å². The summed E-state index contributed by atoms with van der Waals surface area (Å²) in [6, 6.07) is 0.214. The van der Waals surface area contributed by atoms with Crippen LogP contribution in [0.15, 0.2) is 23.5 Å². The Morgan fingerprint density at radius 1 is 0.750 bits per heavy atom. The molecule has 6 nitrogen and oxygen atoms in total. The van der Waals surface area contributed by atoms with Crippen LogP contribution < -0.4 is 10.6 Å². The van der Waals surface area contributed by atoms with E-state index in [4.69, 9.17) is 0 Å². The molecule has 0 aromatic carbocycles. The first-order valence-corrected chi connectivity index (χ1v) is 12.4. The maximum atomic E-state index is 12.5. The molecule has 176 valence electrons. The summed E-state index contributed by atoms with van der Waals surface area (Å²) in [7, 11) is 0. The summed E-state index contributed by atoms with van der Waals surface area (Å²) in [6.07, 6.45) is 11.7. The van der Waals surface area contributed by atoms with Gasteiger partial charge < -0.3 is 20.8 Å². The number of hydrogen-bond donors (Lipinski definition) is 4. The SMILES string of the molecule is CC1(C)C2C=C(N[C@@H]3CCCC[C@H]3NC3=CC4CCC3(C(=O)O)C4(C)C)C1(C(=O)O)CC2. The molecule has 3 saturated carbocycles. The van der Waals surface area contributed by atoms with Crippen molar-refractivity contribution in [3.8, 4) is 0 Å². The van der Waals surface area contributed by atoms with Crippen molar-refractivity contribution in [3.05, 3.63) is 23.5 Å². The normalized spacial score (nSPS) is 43.0. The Hall–Kier alpha value is -1.98. The number of rotatable bonds is 6. The maximum absolute atomic E-state index is 12.5. The summed E-state index contributed by atoms with van der Waals surface area (Å²) in [5, 5.41) is 28.0. The van der Waals surface area contributed by atoms with Crippen LogP contribution in [0, 0.1) is 33.5 Å². The average Bonchev–Trinajstić information content (AvgIpc) is 3.30. The quantitative estimate of drug-likeness (QED) is 0.490. The molecule has 6 atom stereocenters. The minimum Gasteiger partial charge on any atom is -0.481 e. The standard InChI is InChI=1S/C26H38N2O4/c1-23(2)15-9-11-25(23,21(29)30)19(13-15)27-17-7-5-6-8-18(17)28-20-14-16-10-12-26(20,22(31)32)24(16,3)4/h13-18,27-28H,5-12H2,1-4H3,(H,29,30)(H,31,32)/t15?,16?,17-,18-,25?,26?/m1/s1. The van der Waals surface area contributed by atoms with E-state index in [1.54, 1.807) is 0 Å². The van der Waals surface area contributed by atoms with Gasteiger partial charge in [0.05, 0.1) is 0 Å². The van der Waals surface area contributed by atoms with E-state index in [1.807, 2.05) is 0 Å². The first-order chi connectivity index (χ1) is 15.0. The Labute approximate surface area is 190 Å². The van der Waals surface area contributed by atoms with E-state index >= 15 is 0 Å². The van der Waals surface area contributed by atoms with Crippen LogP contribution in [0.2, 0.25) is 0 Å². The number of allylic oxidation sites excluding steroid dienone is 2. The Kier molecular flexibility index (Phi) is 4.62. The molecular weight excluding hydrogens is 404 g/mol. The van der Waals surface area contributed by atoms with Crippen LogP contribution in [0.3, 0.4) is 0 Å². The molecule has 4 unspecified atom stereocenters. The van der Waals surface area contributed by atoms with Crippen molar-refractivity contribution in [2.24, 2.45) is 33.5 Å². The van der Waals surface area contributed by atoms with Gasteiger partial charge in [-0.2, -0.15) is 0 Å². The van der Waals surface area contributed by atoms with Crippen LogP contribution in [0.4, 0.5) is 0 Å². The number of nitrogens with one attached hydrogen (secondary N) is 2. The number of hydrogen-bond acceptors (Lipinski definition) is 4. The molecule has 5 rings (SSSR count). The number of aliphatic carboxylic acids is 2. The van der Waals surface area contributed by atoms with E-state index in [2.05, 4.69) is 50.5 Å². The molecular formula is C26H38N2O4. The number of carboxylic acid groups (broad SMARTS) is 2. The lowest BCUT2D eigenvalue weighted by Crippen LogP contribution is -2.55. The van der Waals surface area contributed by atoms with Crippen molar-refractivity contribution in [3.63, 3.8) is 0 Å². The molecule has 32 heavy (non-hydrogen) atoms. The predicted octanol–water partition coefficient (Wildman–Crippen LogP) is 4.29. The molecule has 0 heterocycles. The zero-order valence-corrected chi connectivity index (χ0v) is 19.8. The fourth-order valence-corrected chi connectivity index (χ4v) is 8.19. The third-order valence-corrected chi connectivity index (χ3v) is 10.5. The van der Waals surface area contributed by atoms with Gasteiger partial charge >= 0.3 is 11.9 Å². The smallest absolute Gasteiger partial charge is 0.316 e. The van der Waals surface area contributed by atoms with Crippen LogP contribution in [-0.4, -0.2) is 34.2 Å². The third kappa shape index (κ3) is 2.47. The molecule has 0 aliphatic heterocycles. The maximum Gasteiger partial charge on any atom is 0.316 e. The van der Waals surface area contributed by atoms with Gasteiger partial charge in [-0.05, 0) is 61.2 Å². The lowest BCUT2D eigenvalue weighted by atomic mass is 9.67. The molecule has 0 saturated heterocycles. The Balaban J connectivity index is 1.40. The number of fused-ring (bicyclic) bond motifs is 4. The van der Waals surface area contributed by atoms with E-state index in [1.165, 1.54) is 0 Å². The molecule has 0 amide bonds. The predicted molar refractivity (Wildman–Crippen MR) is 122 cm³/mol. The minimum atomic E-state index is -0.838. The van der Waals surface area contributed by atoms with Crippen molar-refractivity contribution in [1.29, 1.82) is 0 Å². The molecule has 0 radical (unpaired) electrons. The highest BCUT2D eigenvalue weighted by atomic mass is 16.4. The molecule has 5 aliphatic rings. The molecule has 0 aromatic heterocycles. The van der Waals surface area contributed by atoms with E-state index in [9.17, 15) is 19.8 Å². The summed E-state index contributed by atoms with van der Waals surface area (Å²) < 4.78 is 0. The Morgan fingerprint density at radius 3 is 1.44 bits per heavy atom. The van der Waals surface area contributed by atoms with Gasteiger partial charge in [0.2, 0.25) is 0 Å². The Bertz CT molecular complexity index is 845. The highest BCUT2D eigenvalue weighted by molar-refractivity contribution is 5.82. The third-order valence-electron chi connectivity index (χ3n) is 10.5. The van der Waals surface area contributed by atoms with Gasteiger partial charge in [-0.1, -0.05) is 52.7 Å². The summed E-state index contributed by atoms with van der Waals surface area (Å²) >= 11 is 0. The molecule has 0 spiro atoms. The van der Waals surface area contributed by atoms with Crippen LogP contribution in [0.5, 0.6) is 0 Å². The van der Waals surface area contributed by atoms with Gasteiger partial charge in [0.15, 0.2) is 0 Å². The van der Waals surface area contributed by atoms with E-state index in [0.29, 0.717) is 24.7 Å². The van der Waals surface area contributed by atoms with E-state index in [0.717, 1.165) is 49.9 Å². The number of carboxylic acids is 2. The first kappa shape index (κ1) is 21.8. The van der Waals surface area contributed by atoms with E-state index in [-0.39, 0.29) is 22.9 Å². The van der Waals surface area contributed by atoms with Gasteiger partial charge in [0, 0.05) is 23.5 Å². The largest absolute Gasteiger partial charge is 0.481 e. The van der Waals surface area contributed by atoms with Crippen LogP contribution in [-0.2, 0) is 9.59 Å². The monoisotopic (exact) mass is 442 g/mol. The average molecular weight is 443 g/mol. The minimum absolute atomic E-state index is 0.107. The molecule has 3 fully saturated rings. The lowest BCUT2D eigenvalue weighted by Gasteiger charge is -2.43. The van der Waals surface area contributed by atoms with Gasteiger partial charge in [0.1, 0.15) is 10.8 Å². The molecule has 4 N–H and O–H groups in total. The zero-order valence-electron chi connectivity index (χ0n) is 19.8. The van der Waals surface area contributed by atoms with E-state index < -0.39 is 22.8 Å². The van der Waals surface area contributed by atoms with Crippen LogP contribution in [0.25, 0.3) is 0 Å². The lowest BCUT2D eigenvalue weighted by molar-refractivity contribution is -0.152.